The highest BCUT2D eigenvalue weighted by atomic mass is 16.3. The average Bonchev–Trinajstić information content (AvgIpc) is 2.85. The predicted octanol–water partition coefficient (Wildman–Crippen LogP) is 1.80. The molecule has 1 atom stereocenters. The van der Waals surface area contributed by atoms with E-state index in [9.17, 15) is 5.11 Å². The number of nitrogens with two attached hydrogens (primary N) is 1. The molecule has 1 fully saturated rings. The number of phenolic OH excluding ortho intramolecular Hbond substituents is 1. The van der Waals surface area contributed by atoms with Crippen molar-refractivity contribution >= 4 is 0 Å². The van der Waals surface area contributed by atoms with Crippen molar-refractivity contribution in [2.75, 3.05) is 0 Å². The van der Waals surface area contributed by atoms with Gasteiger partial charge >= 0.3 is 0 Å². The third-order valence-electron chi connectivity index (χ3n) is 2.38. The van der Waals surface area contributed by atoms with E-state index < -0.39 is 0 Å². The van der Waals surface area contributed by atoms with Gasteiger partial charge < -0.3 is 10.8 Å². The third kappa shape index (κ3) is 1.43. The van der Waals surface area contributed by atoms with E-state index >= 15 is 0 Å². The Labute approximate surface area is 72.0 Å². The quantitative estimate of drug-likeness (QED) is 0.698. The summed E-state index contributed by atoms with van der Waals surface area (Å²) < 4.78 is 0. The van der Waals surface area contributed by atoms with Gasteiger partial charge in [-0.25, -0.2) is 0 Å². The molecule has 0 aromatic heterocycles. The third-order valence-corrected chi connectivity index (χ3v) is 2.38. The van der Waals surface area contributed by atoms with Crippen LogP contribution in [-0.4, -0.2) is 5.11 Å². The van der Waals surface area contributed by atoms with Crippen LogP contribution in [0.1, 0.15) is 24.4 Å². The number of phenols is 1. The van der Waals surface area contributed by atoms with Gasteiger partial charge in [0, 0.05) is 6.04 Å². The lowest BCUT2D eigenvalue weighted by molar-refractivity contribution is 0.473. The molecule has 0 saturated heterocycles. The monoisotopic (exact) mass is 163 g/mol. The highest BCUT2D eigenvalue weighted by molar-refractivity contribution is 5.30. The summed E-state index contributed by atoms with van der Waals surface area (Å²) in [5, 5.41) is 9.21. The molecule has 1 aromatic carbocycles. The van der Waals surface area contributed by atoms with Gasteiger partial charge in [0.25, 0.3) is 0 Å². The second-order valence-electron chi connectivity index (χ2n) is 3.46. The van der Waals surface area contributed by atoms with Gasteiger partial charge in [-0.05, 0) is 36.5 Å². The number of benzene rings is 1. The second-order valence-corrected chi connectivity index (χ2v) is 3.46. The van der Waals surface area contributed by atoms with Gasteiger partial charge in [-0.1, -0.05) is 12.1 Å². The molecule has 12 heavy (non-hydrogen) atoms. The van der Waals surface area contributed by atoms with Crippen LogP contribution in [0.3, 0.4) is 0 Å². The Morgan fingerprint density at radius 3 is 2.75 bits per heavy atom. The Kier molecular flexibility index (Phi) is 1.77. The molecule has 0 amide bonds. The van der Waals surface area contributed by atoms with E-state index in [1.165, 1.54) is 12.8 Å². The van der Waals surface area contributed by atoms with E-state index in [1.807, 2.05) is 12.1 Å². The number of rotatable bonds is 2. The molecular formula is C10H13NO. The van der Waals surface area contributed by atoms with E-state index in [0.29, 0.717) is 11.7 Å². The normalized spacial score (nSPS) is 19.1. The molecule has 0 spiro atoms. The fraction of sp³-hybridized carbons (Fsp3) is 0.400. The van der Waals surface area contributed by atoms with E-state index in [4.69, 9.17) is 5.73 Å². The summed E-state index contributed by atoms with van der Waals surface area (Å²) >= 11 is 0. The zero-order chi connectivity index (χ0) is 8.55. The van der Waals surface area contributed by atoms with E-state index in [0.717, 1.165) is 5.56 Å². The molecule has 0 unspecified atom stereocenters. The molecular weight excluding hydrogens is 150 g/mol. The fourth-order valence-electron chi connectivity index (χ4n) is 1.46. The Hall–Kier alpha value is -1.02. The topological polar surface area (TPSA) is 46.2 Å². The van der Waals surface area contributed by atoms with Crippen molar-refractivity contribution in [2.45, 2.75) is 18.9 Å². The molecule has 0 heterocycles. The molecule has 3 N–H and O–H groups in total. The van der Waals surface area contributed by atoms with Gasteiger partial charge in [0.15, 0.2) is 0 Å². The Bertz CT molecular complexity index is 281. The largest absolute Gasteiger partial charge is 0.508 e. The van der Waals surface area contributed by atoms with Crippen LogP contribution in [0.5, 0.6) is 5.75 Å². The summed E-state index contributed by atoms with van der Waals surface area (Å²) in [4.78, 5) is 0. The molecule has 1 aliphatic carbocycles. The average molecular weight is 163 g/mol. The highest BCUT2D eigenvalue weighted by Crippen LogP contribution is 2.39. The fourth-order valence-corrected chi connectivity index (χ4v) is 1.46. The van der Waals surface area contributed by atoms with Crippen molar-refractivity contribution in [2.24, 2.45) is 11.7 Å². The summed E-state index contributed by atoms with van der Waals surface area (Å²) in [6, 6.07) is 7.36. The van der Waals surface area contributed by atoms with Gasteiger partial charge in [-0.2, -0.15) is 0 Å². The first-order chi connectivity index (χ1) is 5.77. The van der Waals surface area contributed by atoms with Crippen LogP contribution in [0, 0.1) is 5.92 Å². The molecule has 2 heteroatoms. The minimum absolute atomic E-state index is 0.122. The Balaban J connectivity index is 2.20. The maximum absolute atomic E-state index is 9.21. The van der Waals surface area contributed by atoms with Crippen molar-refractivity contribution in [3.63, 3.8) is 0 Å². The zero-order valence-corrected chi connectivity index (χ0v) is 6.90. The molecule has 1 aliphatic rings. The van der Waals surface area contributed by atoms with Gasteiger partial charge in [0.1, 0.15) is 5.75 Å². The van der Waals surface area contributed by atoms with Crippen LogP contribution >= 0.6 is 0 Å². The van der Waals surface area contributed by atoms with Crippen LogP contribution in [0.4, 0.5) is 0 Å². The van der Waals surface area contributed by atoms with Crippen molar-refractivity contribution in [3.8, 4) is 5.75 Å². The first-order valence-electron chi connectivity index (χ1n) is 4.32. The van der Waals surface area contributed by atoms with Crippen LogP contribution in [0.2, 0.25) is 0 Å². The van der Waals surface area contributed by atoms with Crippen LogP contribution in [0.25, 0.3) is 0 Å². The number of hydrogen-bond donors (Lipinski definition) is 2. The van der Waals surface area contributed by atoms with Crippen molar-refractivity contribution < 1.29 is 5.11 Å². The molecule has 64 valence electrons. The summed E-state index contributed by atoms with van der Waals surface area (Å²) in [5.74, 6) is 0.954. The number of hydrogen-bond acceptors (Lipinski definition) is 2. The predicted molar refractivity (Wildman–Crippen MR) is 47.8 cm³/mol. The van der Waals surface area contributed by atoms with Crippen LogP contribution in [0.15, 0.2) is 24.3 Å². The lowest BCUT2D eigenvalue weighted by Crippen LogP contribution is -2.11. The SMILES string of the molecule is N[C@H](c1cccc(O)c1)C1CC1. The number of aromatic hydroxyl groups is 1. The summed E-state index contributed by atoms with van der Waals surface area (Å²) in [5.41, 5.74) is 7.01. The van der Waals surface area contributed by atoms with Crippen LogP contribution < -0.4 is 5.73 Å². The zero-order valence-electron chi connectivity index (χ0n) is 6.90. The van der Waals surface area contributed by atoms with Crippen molar-refractivity contribution in [1.29, 1.82) is 0 Å². The molecule has 2 rings (SSSR count). The Morgan fingerprint density at radius 1 is 1.42 bits per heavy atom. The van der Waals surface area contributed by atoms with Gasteiger partial charge in [0.05, 0.1) is 0 Å². The van der Waals surface area contributed by atoms with E-state index in [-0.39, 0.29) is 6.04 Å². The molecule has 0 aliphatic heterocycles. The smallest absolute Gasteiger partial charge is 0.115 e. The summed E-state index contributed by atoms with van der Waals surface area (Å²) in [6.07, 6.45) is 2.47. The first-order valence-corrected chi connectivity index (χ1v) is 4.32. The molecule has 0 bridgehead atoms. The Morgan fingerprint density at radius 2 is 2.17 bits per heavy atom. The first kappa shape index (κ1) is 7.62. The standard InChI is InChI=1S/C10H13NO/c11-10(7-4-5-7)8-2-1-3-9(12)6-8/h1-3,6-7,10,12H,4-5,11H2/t10-/m0/s1. The lowest BCUT2D eigenvalue weighted by Gasteiger charge is -2.10. The maximum atomic E-state index is 9.21. The second kappa shape index (κ2) is 2.79. The highest BCUT2D eigenvalue weighted by Gasteiger charge is 2.29. The van der Waals surface area contributed by atoms with E-state index in [2.05, 4.69) is 0 Å². The van der Waals surface area contributed by atoms with Gasteiger partial charge in [-0.15, -0.1) is 0 Å². The van der Waals surface area contributed by atoms with Gasteiger partial charge in [-0.3, -0.25) is 0 Å². The summed E-state index contributed by atoms with van der Waals surface area (Å²) in [6.45, 7) is 0. The van der Waals surface area contributed by atoms with Crippen molar-refractivity contribution in [3.05, 3.63) is 29.8 Å². The summed E-state index contributed by atoms with van der Waals surface area (Å²) in [7, 11) is 0. The molecule has 2 nitrogen and oxygen atoms in total. The van der Waals surface area contributed by atoms with Crippen molar-refractivity contribution in [1.82, 2.24) is 0 Å². The molecule has 1 saturated carbocycles. The van der Waals surface area contributed by atoms with Crippen LogP contribution in [-0.2, 0) is 0 Å². The molecule has 1 aromatic rings. The van der Waals surface area contributed by atoms with Gasteiger partial charge in [0.2, 0.25) is 0 Å². The lowest BCUT2D eigenvalue weighted by atomic mass is 10.0. The van der Waals surface area contributed by atoms with E-state index in [1.54, 1.807) is 12.1 Å². The minimum atomic E-state index is 0.122. The molecule has 0 radical (unpaired) electrons. The minimum Gasteiger partial charge on any atom is -0.508 e. The maximum Gasteiger partial charge on any atom is 0.115 e.